The van der Waals surface area contributed by atoms with Gasteiger partial charge in [0.25, 0.3) is 0 Å². The molecule has 0 spiro atoms. The quantitative estimate of drug-likeness (QED) is 0.520. The first-order valence-corrected chi connectivity index (χ1v) is 5.81. The van der Waals surface area contributed by atoms with E-state index < -0.39 is 4.92 Å². The van der Waals surface area contributed by atoms with E-state index in [0.717, 1.165) is 6.42 Å². The van der Waals surface area contributed by atoms with Crippen LogP contribution < -0.4 is 16.8 Å². The SMILES string of the molecule is CC(C)CC(CN)Nc1ccc([N+](=O)[O-])c(N)n1. The van der Waals surface area contributed by atoms with Crippen LogP contribution in [0.3, 0.4) is 0 Å². The van der Waals surface area contributed by atoms with Gasteiger partial charge >= 0.3 is 5.69 Å². The monoisotopic (exact) mass is 253 g/mol. The standard InChI is InChI=1S/C11H19N5O2/c1-7(2)5-8(6-12)14-10-4-3-9(16(17)18)11(13)15-10/h3-4,7-8H,5-6,12H2,1-2H3,(H3,13,14,15). The number of aromatic nitrogens is 1. The summed E-state index contributed by atoms with van der Waals surface area (Å²) in [5.41, 5.74) is 11.0. The molecule has 1 rings (SSSR count). The van der Waals surface area contributed by atoms with Crippen LogP contribution in [-0.2, 0) is 0 Å². The number of nitrogens with zero attached hydrogens (tertiary/aromatic N) is 2. The highest BCUT2D eigenvalue weighted by atomic mass is 16.6. The molecular formula is C11H19N5O2. The summed E-state index contributed by atoms with van der Waals surface area (Å²) in [6.07, 6.45) is 0.898. The highest BCUT2D eigenvalue weighted by molar-refractivity contribution is 5.57. The van der Waals surface area contributed by atoms with Gasteiger partial charge in [0.15, 0.2) is 0 Å². The molecule has 1 aromatic heterocycles. The van der Waals surface area contributed by atoms with Crippen molar-refractivity contribution in [2.24, 2.45) is 11.7 Å². The van der Waals surface area contributed by atoms with Crippen LogP contribution in [0.5, 0.6) is 0 Å². The third kappa shape index (κ3) is 3.85. The molecule has 1 unspecified atom stereocenters. The largest absolute Gasteiger partial charge is 0.378 e. The Morgan fingerprint density at radius 1 is 1.50 bits per heavy atom. The Bertz CT molecular complexity index is 422. The number of anilines is 2. The number of nitrogen functional groups attached to an aromatic ring is 1. The van der Waals surface area contributed by atoms with E-state index in [-0.39, 0.29) is 17.5 Å². The molecule has 0 amide bonds. The van der Waals surface area contributed by atoms with Gasteiger partial charge in [-0.3, -0.25) is 10.1 Å². The summed E-state index contributed by atoms with van der Waals surface area (Å²) < 4.78 is 0. The Kier molecular flexibility index (Phi) is 4.85. The molecular weight excluding hydrogens is 234 g/mol. The first-order valence-electron chi connectivity index (χ1n) is 5.81. The van der Waals surface area contributed by atoms with Gasteiger partial charge in [-0.15, -0.1) is 0 Å². The van der Waals surface area contributed by atoms with Crippen LogP contribution in [0.4, 0.5) is 17.3 Å². The van der Waals surface area contributed by atoms with Crippen LogP contribution in [0.2, 0.25) is 0 Å². The summed E-state index contributed by atoms with van der Waals surface area (Å²) in [6.45, 7) is 4.67. The van der Waals surface area contributed by atoms with Crippen LogP contribution in [0.25, 0.3) is 0 Å². The second kappa shape index (κ2) is 6.15. The zero-order valence-electron chi connectivity index (χ0n) is 10.6. The van der Waals surface area contributed by atoms with Crippen molar-refractivity contribution >= 4 is 17.3 Å². The van der Waals surface area contributed by atoms with Crippen molar-refractivity contribution in [3.63, 3.8) is 0 Å². The summed E-state index contributed by atoms with van der Waals surface area (Å²) in [6, 6.07) is 2.96. The van der Waals surface area contributed by atoms with Crippen LogP contribution in [0.15, 0.2) is 12.1 Å². The minimum atomic E-state index is -0.555. The lowest BCUT2D eigenvalue weighted by atomic mass is 10.0. The van der Waals surface area contributed by atoms with Crippen molar-refractivity contribution in [3.8, 4) is 0 Å². The number of hydrogen-bond donors (Lipinski definition) is 3. The Morgan fingerprint density at radius 2 is 2.17 bits per heavy atom. The smallest absolute Gasteiger partial charge is 0.311 e. The van der Waals surface area contributed by atoms with Gasteiger partial charge in [0.05, 0.1) is 4.92 Å². The lowest BCUT2D eigenvalue weighted by Crippen LogP contribution is -2.30. The summed E-state index contributed by atoms with van der Waals surface area (Å²) in [7, 11) is 0. The van der Waals surface area contributed by atoms with Gasteiger partial charge in [0.1, 0.15) is 5.82 Å². The van der Waals surface area contributed by atoms with Crippen LogP contribution in [0.1, 0.15) is 20.3 Å². The van der Waals surface area contributed by atoms with E-state index in [1.54, 1.807) is 0 Å². The predicted octanol–water partition coefficient (Wildman–Crippen LogP) is 1.36. The minimum absolute atomic E-state index is 0.0818. The fraction of sp³-hybridized carbons (Fsp3) is 0.545. The molecule has 1 heterocycles. The van der Waals surface area contributed by atoms with E-state index in [4.69, 9.17) is 11.5 Å². The van der Waals surface area contributed by atoms with Crippen molar-refractivity contribution < 1.29 is 4.92 Å². The maximum absolute atomic E-state index is 10.6. The van der Waals surface area contributed by atoms with Crippen LogP contribution in [0, 0.1) is 16.0 Å². The van der Waals surface area contributed by atoms with Crippen molar-refractivity contribution in [2.45, 2.75) is 26.3 Å². The third-order valence-corrected chi connectivity index (χ3v) is 2.49. The first kappa shape index (κ1) is 14.2. The summed E-state index contributed by atoms with van der Waals surface area (Å²) in [4.78, 5) is 14.0. The Hall–Kier alpha value is -1.89. The molecule has 5 N–H and O–H groups in total. The highest BCUT2D eigenvalue weighted by Crippen LogP contribution is 2.21. The average molecular weight is 253 g/mol. The van der Waals surface area contributed by atoms with Gasteiger partial charge < -0.3 is 16.8 Å². The van der Waals surface area contributed by atoms with E-state index in [0.29, 0.717) is 18.3 Å². The van der Waals surface area contributed by atoms with Gasteiger partial charge in [-0.1, -0.05) is 13.8 Å². The van der Waals surface area contributed by atoms with Crippen LogP contribution >= 0.6 is 0 Å². The third-order valence-electron chi connectivity index (χ3n) is 2.49. The lowest BCUT2D eigenvalue weighted by Gasteiger charge is -2.19. The molecule has 0 aliphatic rings. The normalized spacial score (nSPS) is 12.4. The molecule has 100 valence electrons. The molecule has 0 saturated carbocycles. The van der Waals surface area contributed by atoms with Crippen molar-refractivity contribution in [1.29, 1.82) is 0 Å². The summed E-state index contributed by atoms with van der Waals surface area (Å²) in [5, 5.41) is 13.7. The van der Waals surface area contributed by atoms with Crippen LogP contribution in [-0.4, -0.2) is 22.5 Å². The number of nitrogens with two attached hydrogens (primary N) is 2. The molecule has 0 fully saturated rings. The summed E-state index contributed by atoms with van der Waals surface area (Å²) in [5.74, 6) is 0.918. The Balaban J connectivity index is 2.78. The fourth-order valence-corrected chi connectivity index (χ4v) is 1.69. The second-order valence-corrected chi connectivity index (χ2v) is 4.56. The molecule has 7 nitrogen and oxygen atoms in total. The van der Waals surface area contributed by atoms with Crippen molar-refractivity contribution in [2.75, 3.05) is 17.6 Å². The van der Waals surface area contributed by atoms with Gasteiger partial charge in [0, 0.05) is 18.7 Å². The maximum atomic E-state index is 10.6. The van der Waals surface area contributed by atoms with Gasteiger partial charge in [0.2, 0.25) is 5.82 Å². The number of nitro groups is 1. The molecule has 0 aliphatic heterocycles. The predicted molar refractivity (Wildman–Crippen MR) is 71.2 cm³/mol. The number of pyridine rings is 1. The minimum Gasteiger partial charge on any atom is -0.378 e. The molecule has 0 aliphatic carbocycles. The molecule has 18 heavy (non-hydrogen) atoms. The number of rotatable bonds is 6. The lowest BCUT2D eigenvalue weighted by molar-refractivity contribution is -0.384. The second-order valence-electron chi connectivity index (χ2n) is 4.56. The fourth-order valence-electron chi connectivity index (χ4n) is 1.69. The van der Waals surface area contributed by atoms with Crippen molar-refractivity contribution in [3.05, 3.63) is 22.2 Å². The molecule has 1 aromatic rings. The Morgan fingerprint density at radius 3 is 2.61 bits per heavy atom. The van der Waals surface area contributed by atoms with E-state index in [9.17, 15) is 10.1 Å². The average Bonchev–Trinajstić information content (AvgIpc) is 2.27. The van der Waals surface area contributed by atoms with Gasteiger partial charge in [-0.2, -0.15) is 0 Å². The molecule has 0 saturated heterocycles. The summed E-state index contributed by atoms with van der Waals surface area (Å²) >= 11 is 0. The van der Waals surface area contributed by atoms with E-state index in [1.165, 1.54) is 12.1 Å². The molecule has 0 aromatic carbocycles. The van der Waals surface area contributed by atoms with Crippen molar-refractivity contribution in [1.82, 2.24) is 4.98 Å². The van der Waals surface area contributed by atoms with E-state index >= 15 is 0 Å². The topological polar surface area (TPSA) is 120 Å². The number of nitrogens with one attached hydrogen (secondary N) is 1. The van der Waals surface area contributed by atoms with Gasteiger partial charge in [-0.25, -0.2) is 4.98 Å². The number of hydrogen-bond acceptors (Lipinski definition) is 6. The molecule has 1 atom stereocenters. The highest BCUT2D eigenvalue weighted by Gasteiger charge is 2.15. The maximum Gasteiger partial charge on any atom is 0.311 e. The van der Waals surface area contributed by atoms with Gasteiger partial charge in [-0.05, 0) is 18.4 Å². The Labute approximate surface area is 106 Å². The van der Waals surface area contributed by atoms with E-state index in [2.05, 4.69) is 24.1 Å². The van der Waals surface area contributed by atoms with E-state index in [1.807, 2.05) is 0 Å². The first-order chi connectivity index (χ1) is 8.43. The molecule has 7 heteroatoms. The zero-order valence-corrected chi connectivity index (χ0v) is 10.6. The zero-order chi connectivity index (χ0) is 13.7. The molecule has 0 radical (unpaired) electrons. The molecule has 0 bridgehead atoms.